The molecule has 0 aromatic carbocycles. The Labute approximate surface area is 203 Å². The van der Waals surface area contributed by atoms with Gasteiger partial charge in [0.05, 0.1) is 24.2 Å². The number of aliphatic hydroxyl groups excluding tert-OH is 1. The number of unbranched alkanes of at least 4 members (excludes halogenated alkanes) is 2. The van der Waals surface area contributed by atoms with Gasteiger partial charge in [-0.15, -0.1) is 6.58 Å². The molecule has 3 aliphatic rings. The van der Waals surface area contributed by atoms with E-state index in [0.717, 1.165) is 19.3 Å². The zero-order valence-corrected chi connectivity index (χ0v) is 21.2. The van der Waals surface area contributed by atoms with Gasteiger partial charge in [0.15, 0.2) is 0 Å². The van der Waals surface area contributed by atoms with Crippen LogP contribution in [0.5, 0.6) is 0 Å². The number of nitrogens with zero attached hydrogens (tertiary/aromatic N) is 2. The fourth-order valence-electron chi connectivity index (χ4n) is 6.70. The van der Waals surface area contributed by atoms with Crippen LogP contribution in [0.3, 0.4) is 0 Å². The first-order valence-electron chi connectivity index (χ1n) is 12.9. The van der Waals surface area contributed by atoms with Crippen molar-refractivity contribution in [2.75, 3.05) is 19.7 Å². The molecule has 6 atom stereocenters. The van der Waals surface area contributed by atoms with Crippen molar-refractivity contribution in [3.05, 3.63) is 12.7 Å². The summed E-state index contributed by atoms with van der Waals surface area (Å²) in [7, 11) is 0. The minimum atomic E-state index is -1.18. The van der Waals surface area contributed by atoms with E-state index in [1.807, 2.05) is 20.8 Å². The highest BCUT2D eigenvalue weighted by atomic mass is 16.5. The van der Waals surface area contributed by atoms with Crippen molar-refractivity contribution in [1.29, 1.82) is 0 Å². The van der Waals surface area contributed by atoms with Crippen molar-refractivity contribution >= 4 is 17.8 Å². The van der Waals surface area contributed by atoms with Crippen LogP contribution in [0.1, 0.15) is 72.6 Å². The molecule has 0 aromatic rings. The van der Waals surface area contributed by atoms with Gasteiger partial charge in [0.25, 0.3) is 0 Å². The molecule has 0 aliphatic carbocycles. The highest BCUT2D eigenvalue weighted by Gasteiger charge is 2.79. The van der Waals surface area contributed by atoms with Gasteiger partial charge < -0.3 is 24.7 Å². The second kappa shape index (κ2) is 10.4. The van der Waals surface area contributed by atoms with Gasteiger partial charge in [0.1, 0.15) is 17.6 Å². The number of carbonyl (C=O) groups is 3. The lowest BCUT2D eigenvalue weighted by Gasteiger charge is -2.40. The van der Waals surface area contributed by atoms with Crippen molar-refractivity contribution in [3.63, 3.8) is 0 Å². The Balaban J connectivity index is 2.10. The summed E-state index contributed by atoms with van der Waals surface area (Å²) >= 11 is 0. The zero-order chi connectivity index (χ0) is 25.3. The molecule has 2 unspecified atom stereocenters. The van der Waals surface area contributed by atoms with Crippen molar-refractivity contribution < 1.29 is 29.3 Å². The third-order valence-electron chi connectivity index (χ3n) is 8.16. The quantitative estimate of drug-likeness (QED) is 0.311. The number of likely N-dealkylation sites (tertiary alicyclic amines) is 1. The van der Waals surface area contributed by atoms with Crippen molar-refractivity contribution in [2.24, 2.45) is 17.8 Å². The predicted molar refractivity (Wildman–Crippen MR) is 128 cm³/mol. The Bertz CT molecular complexity index is 800. The number of carboxylic acids is 1. The summed E-state index contributed by atoms with van der Waals surface area (Å²) in [5, 5.41) is 20.5. The van der Waals surface area contributed by atoms with Crippen LogP contribution < -0.4 is 0 Å². The smallest absolute Gasteiger partial charge is 0.310 e. The number of carbonyl (C=O) groups excluding carboxylic acids is 2. The second-order valence-electron chi connectivity index (χ2n) is 10.7. The molecule has 1 spiro atoms. The summed E-state index contributed by atoms with van der Waals surface area (Å²) in [6, 6.07) is -1.52. The van der Waals surface area contributed by atoms with E-state index >= 15 is 0 Å². The third kappa shape index (κ3) is 4.17. The molecular weight excluding hydrogens is 436 g/mol. The van der Waals surface area contributed by atoms with Gasteiger partial charge >= 0.3 is 5.97 Å². The van der Waals surface area contributed by atoms with E-state index in [1.54, 1.807) is 11.0 Å². The lowest BCUT2D eigenvalue weighted by Crippen LogP contribution is -2.59. The van der Waals surface area contributed by atoms with E-state index in [4.69, 9.17) is 4.74 Å². The normalized spacial score (nSPS) is 32.8. The number of carboxylic acid groups (broad SMARTS) is 1. The molecule has 0 radical (unpaired) electrons. The maximum Gasteiger partial charge on any atom is 0.310 e. The molecule has 192 valence electrons. The molecule has 2 bridgehead atoms. The number of rotatable bonds is 13. The molecule has 0 aromatic heterocycles. The summed E-state index contributed by atoms with van der Waals surface area (Å²) in [5.41, 5.74) is -2.11. The van der Waals surface area contributed by atoms with Crippen LogP contribution in [-0.4, -0.2) is 80.8 Å². The maximum absolute atomic E-state index is 14.2. The summed E-state index contributed by atoms with van der Waals surface area (Å²) in [4.78, 5) is 43.8. The van der Waals surface area contributed by atoms with E-state index < -0.39 is 41.1 Å². The maximum atomic E-state index is 14.2. The first kappa shape index (κ1) is 26.7. The Morgan fingerprint density at radius 1 is 1.29 bits per heavy atom. The van der Waals surface area contributed by atoms with E-state index in [-0.39, 0.29) is 24.3 Å². The Hall–Kier alpha value is -1.93. The van der Waals surface area contributed by atoms with Crippen LogP contribution in [-0.2, 0) is 19.1 Å². The van der Waals surface area contributed by atoms with Crippen molar-refractivity contribution in [2.45, 2.75) is 95.9 Å². The summed E-state index contributed by atoms with van der Waals surface area (Å²) < 4.78 is 6.58. The van der Waals surface area contributed by atoms with E-state index in [1.165, 1.54) is 4.90 Å². The summed E-state index contributed by atoms with van der Waals surface area (Å²) in [6.45, 7) is 12.4. The topological polar surface area (TPSA) is 107 Å². The Kier molecular flexibility index (Phi) is 8.13. The van der Waals surface area contributed by atoms with E-state index in [0.29, 0.717) is 38.8 Å². The molecule has 8 nitrogen and oxygen atoms in total. The van der Waals surface area contributed by atoms with E-state index in [2.05, 4.69) is 13.5 Å². The first-order chi connectivity index (χ1) is 16.1. The lowest BCUT2D eigenvalue weighted by molar-refractivity contribution is -0.160. The molecule has 2 N–H and O–H groups in total. The molecule has 34 heavy (non-hydrogen) atoms. The van der Waals surface area contributed by atoms with Gasteiger partial charge in [-0.2, -0.15) is 0 Å². The minimum Gasteiger partial charge on any atom is -0.481 e. The number of fused-ring (bicyclic) bond motifs is 1. The SMILES string of the molecule is C=CCN(CCCCC)C(=O)C1N([C@@H](CO)CC(C)C)C(=O)[C@@H]2[C@H](C(=O)O)[C@]3(CC)CCC12O3. The monoisotopic (exact) mass is 478 g/mol. The molecular formula is C26H42N2O6. The number of amides is 2. The fraction of sp³-hybridized carbons (Fsp3) is 0.808. The molecule has 3 heterocycles. The molecule has 3 fully saturated rings. The zero-order valence-electron chi connectivity index (χ0n) is 21.2. The Morgan fingerprint density at radius 2 is 2.00 bits per heavy atom. The highest BCUT2D eigenvalue weighted by Crippen LogP contribution is 2.64. The van der Waals surface area contributed by atoms with Crippen molar-refractivity contribution in [3.8, 4) is 0 Å². The van der Waals surface area contributed by atoms with Crippen molar-refractivity contribution in [1.82, 2.24) is 9.80 Å². The number of aliphatic carboxylic acids is 1. The molecule has 3 saturated heterocycles. The van der Waals surface area contributed by atoms with Crippen LogP contribution in [0.15, 0.2) is 12.7 Å². The van der Waals surface area contributed by atoms with Gasteiger partial charge in [-0.1, -0.05) is 46.6 Å². The average molecular weight is 479 g/mol. The molecule has 3 aliphatic heterocycles. The predicted octanol–water partition coefficient (Wildman–Crippen LogP) is 2.84. The van der Waals surface area contributed by atoms with Gasteiger partial charge in [0.2, 0.25) is 11.8 Å². The molecule has 3 rings (SSSR count). The molecule has 8 heteroatoms. The Morgan fingerprint density at radius 3 is 2.53 bits per heavy atom. The molecule has 2 amide bonds. The fourth-order valence-corrected chi connectivity index (χ4v) is 6.70. The number of hydrogen-bond donors (Lipinski definition) is 2. The van der Waals surface area contributed by atoms with Crippen LogP contribution in [0.25, 0.3) is 0 Å². The summed E-state index contributed by atoms with van der Waals surface area (Å²) in [6.07, 6.45) is 6.46. The number of ether oxygens (including phenoxy) is 1. The van der Waals surface area contributed by atoms with Gasteiger partial charge in [-0.05, 0) is 38.0 Å². The van der Waals surface area contributed by atoms with Gasteiger partial charge in [-0.25, -0.2) is 0 Å². The standard InChI is InChI=1S/C26H42N2O6/c1-6-9-10-14-27(13-7-2)23(31)21-26-12-11-25(8-3,34-26)20(24(32)33)19(26)22(30)28(21)18(16-29)15-17(4)5/h7,17-21,29H,2,6,8-16H2,1,3-5H3,(H,32,33)/t18-,19+,20-,21?,25+,26?/m1/s1. The average Bonchev–Trinajstić information content (AvgIpc) is 3.40. The number of hydrogen-bond acceptors (Lipinski definition) is 5. The van der Waals surface area contributed by atoms with Crippen LogP contribution >= 0.6 is 0 Å². The van der Waals surface area contributed by atoms with Crippen LogP contribution in [0, 0.1) is 17.8 Å². The van der Waals surface area contributed by atoms with E-state index in [9.17, 15) is 24.6 Å². The van der Waals surface area contributed by atoms with Crippen LogP contribution in [0.2, 0.25) is 0 Å². The second-order valence-corrected chi connectivity index (χ2v) is 10.7. The third-order valence-corrected chi connectivity index (χ3v) is 8.16. The van der Waals surface area contributed by atoms with Gasteiger partial charge in [0, 0.05) is 13.1 Å². The first-order valence-corrected chi connectivity index (χ1v) is 12.9. The summed E-state index contributed by atoms with van der Waals surface area (Å²) in [5.74, 6) is -3.38. The lowest BCUT2D eigenvalue weighted by atomic mass is 9.65. The van der Waals surface area contributed by atoms with Crippen LogP contribution in [0.4, 0.5) is 0 Å². The highest BCUT2D eigenvalue weighted by molar-refractivity contribution is 5.98. The largest absolute Gasteiger partial charge is 0.481 e. The molecule has 0 saturated carbocycles. The van der Waals surface area contributed by atoms with Gasteiger partial charge in [-0.3, -0.25) is 14.4 Å². The number of aliphatic hydroxyl groups is 1. The minimum absolute atomic E-state index is 0.182.